The lowest BCUT2D eigenvalue weighted by molar-refractivity contribution is 0.397. The number of ether oxygens (including phenoxy) is 1. The van der Waals surface area contributed by atoms with E-state index in [-0.39, 0.29) is 6.04 Å². The summed E-state index contributed by atoms with van der Waals surface area (Å²) in [6.45, 7) is 0. The number of nitrogens with one attached hydrogen (secondary N) is 1. The summed E-state index contributed by atoms with van der Waals surface area (Å²) in [5.41, 5.74) is 6.53. The fraction of sp³-hybridized carbons (Fsp3) is 0.143. The molecule has 0 unspecified atom stereocenters. The monoisotopic (exact) mass is 239 g/mol. The van der Waals surface area contributed by atoms with E-state index in [4.69, 9.17) is 4.74 Å². The Morgan fingerprint density at radius 2 is 2.06 bits per heavy atom. The summed E-state index contributed by atoms with van der Waals surface area (Å²) in [6.07, 6.45) is 3.65. The van der Waals surface area contributed by atoms with Gasteiger partial charge in [0, 0.05) is 17.8 Å². The fourth-order valence-electron chi connectivity index (χ4n) is 2.08. The average molecular weight is 239 g/mol. The molecule has 3 rings (SSSR count). The van der Waals surface area contributed by atoms with E-state index in [9.17, 15) is 0 Å². The number of hydrogen-bond donors (Lipinski definition) is 1. The van der Waals surface area contributed by atoms with Gasteiger partial charge in [-0.3, -0.25) is 5.43 Å². The highest BCUT2D eigenvalue weighted by Gasteiger charge is 2.19. The van der Waals surface area contributed by atoms with Gasteiger partial charge in [0.2, 0.25) is 5.88 Å². The Bertz CT molecular complexity index is 578. The van der Waals surface area contributed by atoms with Crippen molar-refractivity contribution in [3.8, 4) is 5.88 Å². The first-order chi connectivity index (χ1) is 8.88. The van der Waals surface area contributed by atoms with Gasteiger partial charge in [0.15, 0.2) is 0 Å². The molecule has 0 amide bonds. The predicted molar refractivity (Wildman–Crippen MR) is 69.8 cm³/mol. The normalized spacial score (nSPS) is 16.8. The highest BCUT2D eigenvalue weighted by Crippen LogP contribution is 2.26. The van der Waals surface area contributed by atoms with Crippen LogP contribution in [-0.2, 0) is 0 Å². The number of pyridine rings is 1. The Kier molecular flexibility index (Phi) is 2.68. The molecule has 4 heteroatoms. The number of benzene rings is 1. The lowest BCUT2D eigenvalue weighted by Crippen LogP contribution is -2.22. The van der Waals surface area contributed by atoms with Gasteiger partial charge < -0.3 is 4.74 Å². The molecule has 4 nitrogen and oxygen atoms in total. The van der Waals surface area contributed by atoms with E-state index < -0.39 is 0 Å². The molecule has 1 aliphatic heterocycles. The Hall–Kier alpha value is -2.36. The second-order valence-corrected chi connectivity index (χ2v) is 4.08. The Balaban J connectivity index is 1.99. The van der Waals surface area contributed by atoms with Gasteiger partial charge in [-0.25, -0.2) is 4.98 Å². The van der Waals surface area contributed by atoms with Crippen molar-refractivity contribution in [1.29, 1.82) is 0 Å². The Labute approximate surface area is 105 Å². The van der Waals surface area contributed by atoms with Crippen LogP contribution in [0.5, 0.6) is 5.88 Å². The topological polar surface area (TPSA) is 46.5 Å². The van der Waals surface area contributed by atoms with Crippen molar-refractivity contribution in [2.75, 3.05) is 7.11 Å². The molecule has 1 aliphatic rings. The molecule has 1 aromatic heterocycles. The molecule has 90 valence electrons. The standard InChI is InChI=1S/C14H13N3O/c1-18-13-7-6-11(8-15-13)14-12-5-3-2-4-10(12)9-16-17-14/h2-9,14,17H,1H3/t14-/m1/s1. The first-order valence-corrected chi connectivity index (χ1v) is 5.76. The summed E-state index contributed by atoms with van der Waals surface area (Å²) >= 11 is 0. The van der Waals surface area contributed by atoms with Crippen LogP contribution in [0.2, 0.25) is 0 Å². The predicted octanol–water partition coefficient (Wildman–Crippen LogP) is 2.12. The van der Waals surface area contributed by atoms with Crippen molar-refractivity contribution in [1.82, 2.24) is 10.4 Å². The van der Waals surface area contributed by atoms with Crippen molar-refractivity contribution in [3.05, 3.63) is 59.3 Å². The van der Waals surface area contributed by atoms with E-state index >= 15 is 0 Å². The second-order valence-electron chi connectivity index (χ2n) is 4.08. The molecule has 2 aromatic rings. The van der Waals surface area contributed by atoms with Crippen LogP contribution in [0.15, 0.2) is 47.7 Å². The Morgan fingerprint density at radius 1 is 1.17 bits per heavy atom. The number of fused-ring (bicyclic) bond motifs is 1. The molecule has 1 N–H and O–H groups in total. The van der Waals surface area contributed by atoms with Crippen LogP contribution in [0, 0.1) is 0 Å². The van der Waals surface area contributed by atoms with Gasteiger partial charge in [-0.2, -0.15) is 5.10 Å². The van der Waals surface area contributed by atoms with E-state index in [0.717, 1.165) is 11.1 Å². The highest BCUT2D eigenvalue weighted by atomic mass is 16.5. The quantitative estimate of drug-likeness (QED) is 0.873. The van der Waals surface area contributed by atoms with Gasteiger partial charge in [-0.1, -0.05) is 24.3 Å². The Morgan fingerprint density at radius 3 is 2.83 bits per heavy atom. The highest BCUT2D eigenvalue weighted by molar-refractivity contribution is 5.83. The summed E-state index contributed by atoms with van der Waals surface area (Å²) in [7, 11) is 1.61. The summed E-state index contributed by atoms with van der Waals surface area (Å²) in [6, 6.07) is 12.1. The maximum Gasteiger partial charge on any atom is 0.212 e. The van der Waals surface area contributed by atoms with Crippen LogP contribution >= 0.6 is 0 Å². The number of hydrazone groups is 1. The number of aromatic nitrogens is 1. The molecule has 0 radical (unpaired) electrons. The maximum atomic E-state index is 5.06. The van der Waals surface area contributed by atoms with Crippen LogP contribution in [0.1, 0.15) is 22.7 Å². The molecule has 0 saturated heterocycles. The third-order valence-corrected chi connectivity index (χ3v) is 3.02. The lowest BCUT2D eigenvalue weighted by Gasteiger charge is -2.22. The van der Waals surface area contributed by atoms with Crippen LogP contribution < -0.4 is 10.2 Å². The molecule has 1 aromatic carbocycles. The van der Waals surface area contributed by atoms with Crippen molar-refractivity contribution in [3.63, 3.8) is 0 Å². The molecule has 0 spiro atoms. The van der Waals surface area contributed by atoms with Crippen molar-refractivity contribution in [2.45, 2.75) is 6.04 Å². The van der Waals surface area contributed by atoms with Gasteiger partial charge >= 0.3 is 0 Å². The molecule has 18 heavy (non-hydrogen) atoms. The van der Waals surface area contributed by atoms with Crippen LogP contribution in [-0.4, -0.2) is 18.3 Å². The van der Waals surface area contributed by atoms with Crippen molar-refractivity contribution >= 4 is 6.21 Å². The van der Waals surface area contributed by atoms with Crippen molar-refractivity contribution in [2.24, 2.45) is 5.10 Å². The number of rotatable bonds is 2. The van der Waals surface area contributed by atoms with Gasteiger partial charge in [-0.15, -0.1) is 0 Å². The van der Waals surface area contributed by atoms with Gasteiger partial charge in [0.25, 0.3) is 0 Å². The third-order valence-electron chi connectivity index (χ3n) is 3.02. The first kappa shape index (κ1) is 10.8. The van der Waals surface area contributed by atoms with E-state index in [1.807, 2.05) is 36.7 Å². The van der Waals surface area contributed by atoms with Crippen LogP contribution in [0.3, 0.4) is 0 Å². The lowest BCUT2D eigenvalue weighted by atomic mass is 9.95. The van der Waals surface area contributed by atoms with E-state index in [1.165, 1.54) is 5.56 Å². The largest absolute Gasteiger partial charge is 0.481 e. The SMILES string of the molecule is COc1ccc([C@H]2NN=Cc3ccccc32)cn1. The third kappa shape index (κ3) is 1.82. The van der Waals surface area contributed by atoms with Crippen LogP contribution in [0.25, 0.3) is 0 Å². The summed E-state index contributed by atoms with van der Waals surface area (Å²) in [5.74, 6) is 0.617. The minimum atomic E-state index is 0.0459. The zero-order chi connectivity index (χ0) is 12.4. The number of nitrogens with zero attached hydrogens (tertiary/aromatic N) is 2. The van der Waals surface area contributed by atoms with Gasteiger partial charge in [-0.05, 0) is 17.2 Å². The zero-order valence-electron chi connectivity index (χ0n) is 10.00. The summed E-state index contributed by atoms with van der Waals surface area (Å²) in [4.78, 5) is 4.23. The van der Waals surface area contributed by atoms with Crippen molar-refractivity contribution < 1.29 is 4.74 Å². The van der Waals surface area contributed by atoms with E-state index in [2.05, 4.69) is 27.6 Å². The average Bonchev–Trinajstić information content (AvgIpc) is 2.47. The zero-order valence-corrected chi connectivity index (χ0v) is 10.00. The molecular formula is C14H13N3O. The fourth-order valence-corrected chi connectivity index (χ4v) is 2.08. The van der Waals surface area contributed by atoms with E-state index in [0.29, 0.717) is 5.88 Å². The molecule has 2 heterocycles. The molecular weight excluding hydrogens is 226 g/mol. The summed E-state index contributed by atoms with van der Waals surface area (Å²) in [5, 5.41) is 4.18. The maximum absolute atomic E-state index is 5.06. The number of hydrogen-bond acceptors (Lipinski definition) is 4. The smallest absolute Gasteiger partial charge is 0.212 e. The van der Waals surface area contributed by atoms with Crippen LogP contribution in [0.4, 0.5) is 0 Å². The second kappa shape index (κ2) is 4.49. The molecule has 0 aliphatic carbocycles. The van der Waals surface area contributed by atoms with Gasteiger partial charge in [0.05, 0.1) is 19.4 Å². The minimum Gasteiger partial charge on any atom is -0.481 e. The molecule has 0 fully saturated rings. The van der Waals surface area contributed by atoms with Gasteiger partial charge in [0.1, 0.15) is 0 Å². The number of methoxy groups -OCH3 is 1. The molecule has 1 atom stereocenters. The summed E-state index contributed by atoms with van der Waals surface area (Å²) < 4.78 is 5.06. The molecule has 0 saturated carbocycles. The van der Waals surface area contributed by atoms with E-state index in [1.54, 1.807) is 7.11 Å². The molecule has 0 bridgehead atoms. The minimum absolute atomic E-state index is 0.0459. The first-order valence-electron chi connectivity index (χ1n) is 5.76.